The predicted octanol–water partition coefficient (Wildman–Crippen LogP) is 6.30. The monoisotopic (exact) mass is 690 g/mol. The molecule has 1 rings (SSSR count). The van der Waals surface area contributed by atoms with Gasteiger partial charge in [-0.3, -0.25) is 14.1 Å². The Balaban J connectivity index is 2.40. The van der Waals surface area contributed by atoms with Gasteiger partial charge in [0, 0.05) is 25.2 Å². The molecule has 1 fully saturated rings. The Morgan fingerprint density at radius 1 is 0.851 bits per heavy atom. The molecule has 11 nitrogen and oxygen atoms in total. The first-order valence-electron chi connectivity index (χ1n) is 17.7. The van der Waals surface area contributed by atoms with Crippen LogP contribution in [-0.2, 0) is 28.2 Å². The van der Waals surface area contributed by atoms with Crippen molar-refractivity contribution < 1.29 is 53.3 Å². The predicted molar refractivity (Wildman–Crippen MR) is 181 cm³/mol. The molecule has 274 valence electrons. The van der Waals surface area contributed by atoms with Crippen molar-refractivity contribution in [2.24, 2.45) is 17.8 Å². The number of allylic oxidation sites excluding steroid dienone is 2. The number of phosphoric ester groups is 1. The molecule has 0 aromatic carbocycles. The molecule has 0 radical (unpaired) electrons. The summed E-state index contributed by atoms with van der Waals surface area (Å²) >= 11 is 0. The van der Waals surface area contributed by atoms with Crippen LogP contribution in [0.4, 0.5) is 0 Å². The lowest BCUT2D eigenvalue weighted by Gasteiger charge is -2.19. The lowest BCUT2D eigenvalue weighted by atomic mass is 9.89. The van der Waals surface area contributed by atoms with Crippen molar-refractivity contribution in [3.63, 3.8) is 0 Å². The molecule has 0 aromatic heterocycles. The molecule has 0 heterocycles. The van der Waals surface area contributed by atoms with Gasteiger partial charge in [0.15, 0.2) is 6.10 Å². The fourth-order valence-electron chi connectivity index (χ4n) is 5.73. The van der Waals surface area contributed by atoms with Gasteiger partial charge in [0.25, 0.3) is 0 Å². The van der Waals surface area contributed by atoms with Crippen LogP contribution < -0.4 is 0 Å². The van der Waals surface area contributed by atoms with E-state index in [1.54, 1.807) is 6.08 Å². The third-order valence-electron chi connectivity index (χ3n) is 8.47. The third kappa shape index (κ3) is 22.6. The van der Waals surface area contributed by atoms with E-state index < -0.39 is 50.8 Å². The lowest BCUT2D eigenvalue weighted by Crippen LogP contribution is -2.29. The van der Waals surface area contributed by atoms with Crippen molar-refractivity contribution >= 4 is 19.8 Å². The highest BCUT2D eigenvalue weighted by atomic mass is 31.2. The van der Waals surface area contributed by atoms with E-state index in [9.17, 15) is 29.5 Å². The zero-order chi connectivity index (χ0) is 35.1. The fourth-order valence-corrected chi connectivity index (χ4v) is 6.09. The molecule has 12 heteroatoms. The summed E-state index contributed by atoms with van der Waals surface area (Å²) in [5.74, 6) is -0.777. The van der Waals surface area contributed by atoms with E-state index in [-0.39, 0.29) is 31.3 Å². The molecular formula is C35H63O11P. The van der Waals surface area contributed by atoms with Crippen LogP contribution in [0.1, 0.15) is 130 Å². The average Bonchev–Trinajstić information content (AvgIpc) is 3.27. The zero-order valence-corrected chi connectivity index (χ0v) is 29.8. The Hall–Kier alpha value is -1.59. The minimum Gasteiger partial charge on any atom is -0.462 e. The molecule has 6 atom stereocenters. The van der Waals surface area contributed by atoms with Gasteiger partial charge in [0.1, 0.15) is 6.61 Å². The van der Waals surface area contributed by atoms with E-state index >= 15 is 0 Å². The number of aliphatic hydroxyl groups excluding tert-OH is 3. The number of hydrogen-bond acceptors (Lipinski definition) is 9. The van der Waals surface area contributed by atoms with Crippen LogP contribution in [0.15, 0.2) is 24.3 Å². The van der Waals surface area contributed by atoms with Crippen LogP contribution in [0.3, 0.4) is 0 Å². The van der Waals surface area contributed by atoms with E-state index in [0.29, 0.717) is 44.4 Å². The Bertz CT molecular complexity index is 948. The van der Waals surface area contributed by atoms with Crippen molar-refractivity contribution in [3.05, 3.63) is 24.3 Å². The number of carbonyl (C=O) groups excluding carboxylic acids is 2. The highest BCUT2D eigenvalue weighted by molar-refractivity contribution is 7.46. The Kier molecular flexibility index (Phi) is 23.5. The summed E-state index contributed by atoms with van der Waals surface area (Å²) in [4.78, 5) is 42.7. The SMILES string of the molecule is CCCCC[C@H](O)/C=C/[C@@H]1[C@@H](C/C=C/CCCC(=O)OC[C@H](COP(=O)(O)O)OC(=O)CCCCCCCCC(C)C)[C@@H](O)C[C@H]1O. The maximum atomic E-state index is 12.3. The highest BCUT2D eigenvalue weighted by Crippen LogP contribution is 2.37. The van der Waals surface area contributed by atoms with Crippen LogP contribution in [-0.4, -0.2) is 74.7 Å². The molecule has 47 heavy (non-hydrogen) atoms. The number of unbranched alkanes of at least 4 members (excludes halogenated alkanes) is 8. The largest absolute Gasteiger partial charge is 0.469 e. The van der Waals surface area contributed by atoms with Crippen molar-refractivity contribution in [1.82, 2.24) is 0 Å². The number of ether oxygens (including phenoxy) is 2. The normalized spacial score (nSPS) is 21.6. The van der Waals surface area contributed by atoms with E-state index in [1.807, 2.05) is 18.2 Å². The lowest BCUT2D eigenvalue weighted by molar-refractivity contribution is -0.161. The Morgan fingerprint density at radius 2 is 1.51 bits per heavy atom. The summed E-state index contributed by atoms with van der Waals surface area (Å²) in [7, 11) is -4.80. The summed E-state index contributed by atoms with van der Waals surface area (Å²) in [5, 5.41) is 31.1. The second-order valence-corrected chi connectivity index (χ2v) is 14.5. The summed E-state index contributed by atoms with van der Waals surface area (Å²) in [6, 6.07) is 0. The van der Waals surface area contributed by atoms with Crippen molar-refractivity contribution in [1.29, 1.82) is 0 Å². The Labute approximate surface area is 282 Å². The molecule has 5 N–H and O–H groups in total. The second-order valence-electron chi connectivity index (χ2n) is 13.3. The van der Waals surface area contributed by atoms with E-state index in [2.05, 4.69) is 25.3 Å². The minimum atomic E-state index is -4.80. The van der Waals surface area contributed by atoms with Gasteiger partial charge in [0.2, 0.25) is 0 Å². The molecule has 0 amide bonds. The molecule has 0 unspecified atom stereocenters. The maximum absolute atomic E-state index is 12.3. The van der Waals surface area contributed by atoms with Crippen LogP contribution in [0.25, 0.3) is 0 Å². The van der Waals surface area contributed by atoms with Crippen LogP contribution >= 0.6 is 7.82 Å². The minimum absolute atomic E-state index is 0.0908. The molecular weight excluding hydrogens is 627 g/mol. The summed E-state index contributed by atoms with van der Waals surface area (Å²) in [6.07, 6.45) is 17.6. The number of esters is 2. The average molecular weight is 691 g/mol. The van der Waals surface area contributed by atoms with Crippen LogP contribution in [0.2, 0.25) is 0 Å². The molecule has 1 saturated carbocycles. The first-order chi connectivity index (χ1) is 22.3. The Morgan fingerprint density at radius 3 is 2.19 bits per heavy atom. The van der Waals surface area contributed by atoms with Crippen molar-refractivity contribution in [2.75, 3.05) is 13.2 Å². The van der Waals surface area contributed by atoms with Crippen molar-refractivity contribution in [2.45, 2.75) is 154 Å². The van der Waals surface area contributed by atoms with Gasteiger partial charge in [-0.05, 0) is 43.9 Å². The third-order valence-corrected chi connectivity index (χ3v) is 8.96. The van der Waals surface area contributed by atoms with Gasteiger partial charge in [0.05, 0.1) is 24.9 Å². The number of phosphoric acid groups is 1. The smallest absolute Gasteiger partial charge is 0.462 e. The molecule has 0 aliphatic heterocycles. The van der Waals surface area contributed by atoms with Gasteiger partial charge >= 0.3 is 19.8 Å². The highest BCUT2D eigenvalue weighted by Gasteiger charge is 2.39. The summed E-state index contributed by atoms with van der Waals surface area (Å²) in [6.45, 7) is 5.55. The zero-order valence-electron chi connectivity index (χ0n) is 28.9. The second kappa shape index (κ2) is 25.4. The molecule has 0 aromatic rings. The van der Waals surface area contributed by atoms with Crippen molar-refractivity contribution in [3.8, 4) is 0 Å². The standard InChI is InChI=1S/C35H63O11P/c1-4-5-12-18-28(36)22-23-31-30(32(37)24-33(31)38)19-14-10-11-15-20-34(39)44-25-29(26-45-47(41,42)43)46-35(40)21-16-9-7-6-8-13-17-27(2)3/h10,14,22-23,27-33,36-38H,4-9,11-13,15-21,24-26H2,1-3H3,(H2,41,42,43)/b14-10+,23-22+/t28-,29+,30+,31+,32-,33+/m0/s1. The van der Waals surface area contributed by atoms with Gasteiger partial charge < -0.3 is 34.6 Å². The maximum Gasteiger partial charge on any atom is 0.469 e. The molecule has 0 bridgehead atoms. The van der Waals surface area contributed by atoms with Crippen LogP contribution in [0, 0.1) is 17.8 Å². The number of rotatable bonds is 27. The quantitative estimate of drug-likeness (QED) is 0.0283. The van der Waals surface area contributed by atoms with Crippen LogP contribution in [0.5, 0.6) is 0 Å². The number of hydrogen-bond donors (Lipinski definition) is 5. The van der Waals surface area contributed by atoms with Gasteiger partial charge in [-0.2, -0.15) is 0 Å². The van der Waals surface area contributed by atoms with E-state index in [4.69, 9.17) is 19.3 Å². The topological polar surface area (TPSA) is 180 Å². The first-order valence-corrected chi connectivity index (χ1v) is 19.3. The molecule has 0 saturated heterocycles. The fraction of sp³-hybridized carbons (Fsp3) is 0.829. The molecule has 0 spiro atoms. The van der Waals surface area contributed by atoms with E-state index in [0.717, 1.165) is 38.5 Å². The summed E-state index contributed by atoms with van der Waals surface area (Å²) < 4.78 is 26.2. The van der Waals surface area contributed by atoms with Gasteiger partial charge in [-0.25, -0.2) is 4.57 Å². The van der Waals surface area contributed by atoms with E-state index in [1.165, 1.54) is 19.3 Å². The number of aliphatic hydroxyl groups is 3. The summed E-state index contributed by atoms with van der Waals surface area (Å²) in [5.41, 5.74) is 0. The molecule has 1 aliphatic carbocycles. The molecule has 1 aliphatic rings. The first kappa shape index (κ1) is 43.4. The number of carbonyl (C=O) groups is 2. The van der Waals surface area contributed by atoms with Gasteiger partial charge in [-0.1, -0.05) is 103 Å². The van der Waals surface area contributed by atoms with Gasteiger partial charge in [-0.15, -0.1) is 0 Å².